The second-order valence-corrected chi connectivity index (χ2v) is 6.88. The molecule has 0 radical (unpaired) electrons. The van der Waals surface area contributed by atoms with E-state index in [4.69, 9.17) is 4.74 Å². The molecular weight excluding hydrogens is 292 g/mol. The molecule has 0 aromatic heterocycles. The number of aliphatic hydroxyl groups is 1. The SMILES string of the molecule is Cc1ccc(C)c(OCC(O)CN2CCNC(=O)C2(C)C)c1C. The first kappa shape index (κ1) is 17.8. The first-order valence-corrected chi connectivity index (χ1v) is 8.14. The lowest BCUT2D eigenvalue weighted by Crippen LogP contribution is -2.63. The number of carbonyl (C=O) groups is 1. The lowest BCUT2D eigenvalue weighted by Gasteiger charge is -2.42. The first-order chi connectivity index (χ1) is 10.7. The molecule has 5 heteroatoms. The third-order valence-corrected chi connectivity index (χ3v) is 4.74. The molecule has 1 aliphatic rings. The highest BCUT2D eigenvalue weighted by molar-refractivity contribution is 5.86. The third-order valence-electron chi connectivity index (χ3n) is 4.74. The second-order valence-electron chi connectivity index (χ2n) is 6.88. The zero-order valence-electron chi connectivity index (χ0n) is 14.8. The van der Waals surface area contributed by atoms with Crippen LogP contribution in [0.25, 0.3) is 0 Å². The number of carbonyl (C=O) groups excluding carboxylic acids is 1. The standard InChI is InChI=1S/C18H28N2O3/c1-12-6-7-13(2)16(14(12)3)23-11-15(21)10-20-9-8-19-17(22)18(20,4)5/h6-7,15,21H,8-11H2,1-5H3,(H,19,22). The van der Waals surface area contributed by atoms with Crippen molar-refractivity contribution in [1.29, 1.82) is 0 Å². The molecule has 2 rings (SSSR count). The quantitative estimate of drug-likeness (QED) is 0.864. The van der Waals surface area contributed by atoms with Gasteiger partial charge in [0.15, 0.2) is 0 Å². The summed E-state index contributed by atoms with van der Waals surface area (Å²) in [6.45, 7) is 11.8. The highest BCUT2D eigenvalue weighted by Crippen LogP contribution is 2.26. The number of β-amino-alcohol motifs (C(OH)–C–C–N with tert-alkyl or cyclic N) is 1. The van der Waals surface area contributed by atoms with Crippen LogP contribution in [-0.2, 0) is 4.79 Å². The molecule has 1 heterocycles. The predicted molar refractivity (Wildman–Crippen MR) is 90.8 cm³/mol. The molecule has 2 N–H and O–H groups in total. The summed E-state index contributed by atoms with van der Waals surface area (Å²) >= 11 is 0. The highest BCUT2D eigenvalue weighted by Gasteiger charge is 2.38. The summed E-state index contributed by atoms with van der Waals surface area (Å²) in [6.07, 6.45) is -0.639. The Morgan fingerprint density at radius 3 is 2.65 bits per heavy atom. The molecule has 0 aliphatic carbocycles. The lowest BCUT2D eigenvalue weighted by molar-refractivity contribution is -0.136. The van der Waals surface area contributed by atoms with Gasteiger partial charge in [-0.1, -0.05) is 12.1 Å². The topological polar surface area (TPSA) is 61.8 Å². The minimum absolute atomic E-state index is 0.00208. The van der Waals surface area contributed by atoms with E-state index < -0.39 is 11.6 Å². The predicted octanol–water partition coefficient (Wildman–Crippen LogP) is 1.56. The van der Waals surface area contributed by atoms with Gasteiger partial charge in [-0.15, -0.1) is 0 Å². The minimum atomic E-state index is -0.639. The second kappa shape index (κ2) is 6.89. The largest absolute Gasteiger partial charge is 0.490 e. The van der Waals surface area contributed by atoms with Crippen LogP contribution in [0.5, 0.6) is 5.75 Å². The number of piperazine rings is 1. The molecule has 1 amide bonds. The van der Waals surface area contributed by atoms with Crippen LogP contribution in [-0.4, -0.2) is 53.8 Å². The molecule has 1 aromatic carbocycles. The molecule has 1 aliphatic heterocycles. The number of aryl methyl sites for hydroxylation is 2. The van der Waals surface area contributed by atoms with E-state index in [1.807, 2.05) is 45.6 Å². The molecule has 5 nitrogen and oxygen atoms in total. The molecule has 1 fully saturated rings. The molecule has 0 saturated carbocycles. The van der Waals surface area contributed by atoms with Crippen LogP contribution in [0.4, 0.5) is 0 Å². The molecule has 1 saturated heterocycles. The average Bonchev–Trinajstić information content (AvgIpc) is 2.48. The van der Waals surface area contributed by atoms with Gasteiger partial charge < -0.3 is 15.2 Å². The minimum Gasteiger partial charge on any atom is -0.490 e. The zero-order chi connectivity index (χ0) is 17.2. The van der Waals surface area contributed by atoms with Crippen LogP contribution in [0.3, 0.4) is 0 Å². The van der Waals surface area contributed by atoms with Crippen molar-refractivity contribution < 1.29 is 14.6 Å². The van der Waals surface area contributed by atoms with Gasteiger partial charge in [0.2, 0.25) is 5.91 Å². The number of nitrogens with one attached hydrogen (secondary N) is 1. The summed E-state index contributed by atoms with van der Waals surface area (Å²) in [5.41, 5.74) is 2.75. The fourth-order valence-corrected chi connectivity index (χ4v) is 2.90. The van der Waals surface area contributed by atoms with Gasteiger partial charge in [0.25, 0.3) is 0 Å². The first-order valence-electron chi connectivity index (χ1n) is 8.14. The van der Waals surface area contributed by atoms with Crippen molar-refractivity contribution in [2.24, 2.45) is 0 Å². The summed E-state index contributed by atoms with van der Waals surface area (Å²) < 4.78 is 5.87. The van der Waals surface area contributed by atoms with Gasteiger partial charge in [0, 0.05) is 19.6 Å². The van der Waals surface area contributed by atoms with Gasteiger partial charge in [-0.3, -0.25) is 9.69 Å². The fraction of sp³-hybridized carbons (Fsp3) is 0.611. The lowest BCUT2D eigenvalue weighted by atomic mass is 9.98. The van der Waals surface area contributed by atoms with Crippen molar-refractivity contribution in [2.75, 3.05) is 26.2 Å². The van der Waals surface area contributed by atoms with Crippen molar-refractivity contribution >= 4 is 5.91 Å². The Hall–Kier alpha value is -1.59. The number of benzene rings is 1. The molecular formula is C18H28N2O3. The van der Waals surface area contributed by atoms with E-state index in [0.29, 0.717) is 13.1 Å². The summed E-state index contributed by atoms with van der Waals surface area (Å²) in [5, 5.41) is 13.2. The van der Waals surface area contributed by atoms with E-state index in [2.05, 4.69) is 11.4 Å². The molecule has 1 aromatic rings. The highest BCUT2D eigenvalue weighted by atomic mass is 16.5. The van der Waals surface area contributed by atoms with E-state index >= 15 is 0 Å². The van der Waals surface area contributed by atoms with Gasteiger partial charge >= 0.3 is 0 Å². The number of rotatable bonds is 5. The monoisotopic (exact) mass is 320 g/mol. The molecule has 1 unspecified atom stereocenters. The van der Waals surface area contributed by atoms with Crippen molar-refractivity contribution in [3.8, 4) is 5.75 Å². The number of amides is 1. The molecule has 23 heavy (non-hydrogen) atoms. The van der Waals surface area contributed by atoms with Crippen LogP contribution >= 0.6 is 0 Å². The van der Waals surface area contributed by atoms with Crippen LogP contribution in [0, 0.1) is 20.8 Å². The maximum Gasteiger partial charge on any atom is 0.240 e. The Balaban J connectivity index is 1.97. The van der Waals surface area contributed by atoms with Crippen LogP contribution in [0.2, 0.25) is 0 Å². The van der Waals surface area contributed by atoms with E-state index in [-0.39, 0.29) is 12.5 Å². The van der Waals surface area contributed by atoms with E-state index in [9.17, 15) is 9.90 Å². The molecule has 0 spiro atoms. The molecule has 1 atom stereocenters. The number of hydrogen-bond donors (Lipinski definition) is 2. The number of ether oxygens (including phenoxy) is 1. The molecule has 128 valence electrons. The molecule has 0 bridgehead atoms. The van der Waals surface area contributed by atoms with Crippen molar-refractivity contribution in [1.82, 2.24) is 10.2 Å². The smallest absolute Gasteiger partial charge is 0.240 e. The Morgan fingerprint density at radius 2 is 1.96 bits per heavy atom. The number of nitrogens with zero attached hydrogens (tertiary/aromatic N) is 1. The van der Waals surface area contributed by atoms with Crippen molar-refractivity contribution in [3.63, 3.8) is 0 Å². The van der Waals surface area contributed by atoms with Crippen LogP contribution in [0.1, 0.15) is 30.5 Å². The van der Waals surface area contributed by atoms with Crippen molar-refractivity contribution in [2.45, 2.75) is 46.3 Å². The zero-order valence-corrected chi connectivity index (χ0v) is 14.8. The van der Waals surface area contributed by atoms with Crippen LogP contribution in [0.15, 0.2) is 12.1 Å². The maximum atomic E-state index is 11.9. The summed E-state index contributed by atoms with van der Waals surface area (Å²) in [4.78, 5) is 14.0. The third kappa shape index (κ3) is 3.85. The van der Waals surface area contributed by atoms with Gasteiger partial charge in [-0.05, 0) is 51.3 Å². The average molecular weight is 320 g/mol. The maximum absolute atomic E-state index is 11.9. The summed E-state index contributed by atoms with van der Waals surface area (Å²) in [7, 11) is 0. The fourth-order valence-electron chi connectivity index (χ4n) is 2.90. The normalized spacial score (nSPS) is 19.3. The Morgan fingerprint density at radius 1 is 1.30 bits per heavy atom. The van der Waals surface area contributed by atoms with E-state index in [1.165, 1.54) is 5.56 Å². The van der Waals surface area contributed by atoms with Gasteiger partial charge in [-0.25, -0.2) is 0 Å². The van der Waals surface area contributed by atoms with E-state index in [1.54, 1.807) is 0 Å². The van der Waals surface area contributed by atoms with Gasteiger partial charge in [0.05, 0.1) is 5.54 Å². The summed E-state index contributed by atoms with van der Waals surface area (Å²) in [5.74, 6) is 0.849. The van der Waals surface area contributed by atoms with Gasteiger partial charge in [0.1, 0.15) is 18.5 Å². The van der Waals surface area contributed by atoms with Crippen LogP contribution < -0.4 is 10.1 Å². The summed E-state index contributed by atoms with van der Waals surface area (Å²) in [6, 6.07) is 4.10. The Kier molecular flexibility index (Phi) is 5.32. The Bertz CT molecular complexity index is 584. The number of aliphatic hydroxyl groups excluding tert-OH is 1. The van der Waals surface area contributed by atoms with Gasteiger partial charge in [-0.2, -0.15) is 0 Å². The van der Waals surface area contributed by atoms with E-state index in [0.717, 1.165) is 23.4 Å². The van der Waals surface area contributed by atoms with Crippen molar-refractivity contribution in [3.05, 3.63) is 28.8 Å². The number of hydrogen-bond acceptors (Lipinski definition) is 4. The Labute approximate surface area is 138 Å².